The van der Waals surface area contributed by atoms with Crippen molar-refractivity contribution in [2.24, 2.45) is 0 Å². The first-order valence-corrected chi connectivity index (χ1v) is 9.51. The van der Waals surface area contributed by atoms with Crippen LogP contribution in [0.1, 0.15) is 15.2 Å². The van der Waals surface area contributed by atoms with Crippen LogP contribution in [0.5, 0.6) is 5.75 Å². The van der Waals surface area contributed by atoms with Gasteiger partial charge in [0.25, 0.3) is 5.91 Å². The summed E-state index contributed by atoms with van der Waals surface area (Å²) in [6, 6.07) is 15.1. The Hall–Kier alpha value is -2.57. The van der Waals surface area contributed by atoms with Crippen LogP contribution in [0, 0.1) is 0 Å². The monoisotopic (exact) mass is 403 g/mol. The van der Waals surface area contributed by atoms with Gasteiger partial charge in [0.1, 0.15) is 10.6 Å². The summed E-state index contributed by atoms with van der Waals surface area (Å²) >= 11 is 7.49. The van der Waals surface area contributed by atoms with Crippen molar-refractivity contribution < 1.29 is 19.1 Å². The number of hydrogen-bond acceptors (Lipinski definition) is 5. The third-order valence-electron chi connectivity index (χ3n) is 3.95. The molecule has 7 heteroatoms. The van der Waals surface area contributed by atoms with E-state index in [0.717, 1.165) is 21.4 Å². The number of halogens is 1. The fourth-order valence-electron chi connectivity index (χ4n) is 2.53. The van der Waals surface area contributed by atoms with E-state index in [1.165, 1.54) is 11.3 Å². The van der Waals surface area contributed by atoms with E-state index in [4.69, 9.17) is 21.1 Å². The number of carbonyl (C=O) groups excluding carboxylic acids is 2. The van der Waals surface area contributed by atoms with E-state index in [0.29, 0.717) is 22.9 Å². The summed E-state index contributed by atoms with van der Waals surface area (Å²) in [4.78, 5) is 24.4. The highest BCUT2D eigenvalue weighted by atomic mass is 35.5. The molecule has 0 bridgehead atoms. The number of ether oxygens (including phenoxy) is 2. The number of rotatable bonds is 7. The molecule has 2 aromatic carbocycles. The zero-order chi connectivity index (χ0) is 19.2. The van der Waals surface area contributed by atoms with Gasteiger partial charge in [-0.1, -0.05) is 41.9 Å². The first-order chi connectivity index (χ1) is 13.1. The molecular formula is C20H18ClNO4S. The van der Waals surface area contributed by atoms with Gasteiger partial charge >= 0.3 is 5.97 Å². The van der Waals surface area contributed by atoms with Crippen molar-refractivity contribution in [3.63, 3.8) is 0 Å². The Balaban J connectivity index is 1.46. The Kier molecular flexibility index (Phi) is 6.32. The van der Waals surface area contributed by atoms with E-state index in [1.807, 2.05) is 48.5 Å². The van der Waals surface area contributed by atoms with Crippen molar-refractivity contribution in [1.29, 1.82) is 0 Å². The van der Waals surface area contributed by atoms with Gasteiger partial charge in [-0.05, 0) is 30.2 Å². The van der Waals surface area contributed by atoms with Crippen LogP contribution in [0.15, 0.2) is 48.5 Å². The largest absolute Gasteiger partial charge is 0.497 e. The summed E-state index contributed by atoms with van der Waals surface area (Å²) in [5.74, 6) is -0.157. The van der Waals surface area contributed by atoms with E-state index in [9.17, 15) is 9.59 Å². The lowest BCUT2D eigenvalue weighted by molar-refractivity contribution is -0.124. The summed E-state index contributed by atoms with van der Waals surface area (Å²) in [5, 5.41) is 3.90. The topological polar surface area (TPSA) is 64.6 Å². The van der Waals surface area contributed by atoms with Crippen LogP contribution in [0.3, 0.4) is 0 Å². The van der Waals surface area contributed by atoms with Crippen LogP contribution in [0.2, 0.25) is 5.02 Å². The molecular weight excluding hydrogens is 386 g/mol. The van der Waals surface area contributed by atoms with Crippen LogP contribution >= 0.6 is 22.9 Å². The lowest BCUT2D eigenvalue weighted by Gasteiger charge is -2.07. The number of carbonyl (C=O) groups is 2. The van der Waals surface area contributed by atoms with Gasteiger partial charge in [-0.2, -0.15) is 0 Å². The molecule has 0 aliphatic carbocycles. The molecule has 27 heavy (non-hydrogen) atoms. The highest BCUT2D eigenvalue weighted by molar-refractivity contribution is 7.21. The Morgan fingerprint density at radius 3 is 2.56 bits per heavy atom. The van der Waals surface area contributed by atoms with Crippen molar-refractivity contribution in [2.75, 3.05) is 20.3 Å². The molecule has 0 fully saturated rings. The van der Waals surface area contributed by atoms with Gasteiger partial charge in [-0.15, -0.1) is 11.3 Å². The summed E-state index contributed by atoms with van der Waals surface area (Å²) < 4.78 is 11.1. The Morgan fingerprint density at radius 2 is 1.85 bits per heavy atom. The van der Waals surface area contributed by atoms with Crippen molar-refractivity contribution in [2.45, 2.75) is 6.42 Å². The summed E-state index contributed by atoms with van der Waals surface area (Å²) in [6.07, 6.45) is 0.672. The second-order valence-electron chi connectivity index (χ2n) is 5.77. The van der Waals surface area contributed by atoms with Gasteiger partial charge in [-0.25, -0.2) is 4.79 Å². The predicted octanol–water partition coefficient (Wildman–Crippen LogP) is 4.08. The maximum atomic E-state index is 12.2. The van der Waals surface area contributed by atoms with Crippen molar-refractivity contribution in [3.8, 4) is 5.75 Å². The van der Waals surface area contributed by atoms with E-state index in [-0.39, 0.29) is 12.5 Å². The normalized spacial score (nSPS) is 10.6. The fraction of sp³-hybridized carbons (Fsp3) is 0.200. The first kappa shape index (κ1) is 19.2. The van der Waals surface area contributed by atoms with Crippen molar-refractivity contribution >= 4 is 44.9 Å². The maximum Gasteiger partial charge on any atom is 0.350 e. The highest BCUT2D eigenvalue weighted by Crippen LogP contribution is 2.35. The van der Waals surface area contributed by atoms with Gasteiger partial charge in [-0.3, -0.25) is 4.79 Å². The van der Waals surface area contributed by atoms with Gasteiger partial charge < -0.3 is 14.8 Å². The molecule has 1 aromatic heterocycles. The van der Waals surface area contributed by atoms with Crippen LogP contribution in [-0.4, -0.2) is 32.1 Å². The standard InChI is InChI=1S/C20H18ClNO4S/c1-25-14-8-6-13(7-9-14)10-11-22-17(23)12-26-20(24)19-18(21)15-4-2-3-5-16(15)27-19/h2-9H,10-12H2,1H3,(H,22,23). The van der Waals surface area contributed by atoms with Gasteiger partial charge in [0, 0.05) is 16.6 Å². The minimum absolute atomic E-state index is 0.309. The number of methoxy groups -OCH3 is 1. The molecule has 1 amide bonds. The zero-order valence-corrected chi connectivity index (χ0v) is 16.2. The third-order valence-corrected chi connectivity index (χ3v) is 5.61. The molecule has 1 N–H and O–H groups in total. The van der Waals surface area contributed by atoms with Gasteiger partial charge in [0.05, 0.1) is 12.1 Å². The van der Waals surface area contributed by atoms with Gasteiger partial charge in [0.15, 0.2) is 6.61 Å². The van der Waals surface area contributed by atoms with Crippen LogP contribution in [0.25, 0.3) is 10.1 Å². The molecule has 0 aliphatic heterocycles. The summed E-state index contributed by atoms with van der Waals surface area (Å²) in [7, 11) is 1.61. The average Bonchev–Trinajstić information content (AvgIpc) is 3.04. The quantitative estimate of drug-likeness (QED) is 0.604. The number of amides is 1. The maximum absolute atomic E-state index is 12.2. The molecule has 1 heterocycles. The number of fused-ring (bicyclic) bond motifs is 1. The summed E-state index contributed by atoms with van der Waals surface area (Å²) in [6.45, 7) is 0.110. The first-order valence-electron chi connectivity index (χ1n) is 8.32. The van der Waals surface area contributed by atoms with Crippen molar-refractivity contribution in [1.82, 2.24) is 5.32 Å². The molecule has 0 saturated heterocycles. The summed E-state index contributed by atoms with van der Waals surface area (Å²) in [5.41, 5.74) is 1.07. The van der Waals surface area contributed by atoms with Crippen LogP contribution in [0.4, 0.5) is 0 Å². The second kappa shape index (κ2) is 8.88. The van der Waals surface area contributed by atoms with Crippen LogP contribution in [-0.2, 0) is 16.0 Å². The van der Waals surface area contributed by atoms with Crippen LogP contribution < -0.4 is 10.1 Å². The smallest absolute Gasteiger partial charge is 0.350 e. The highest BCUT2D eigenvalue weighted by Gasteiger charge is 2.19. The zero-order valence-electron chi connectivity index (χ0n) is 14.7. The minimum Gasteiger partial charge on any atom is -0.497 e. The number of hydrogen-bond donors (Lipinski definition) is 1. The minimum atomic E-state index is -0.591. The van der Waals surface area contributed by atoms with E-state index in [1.54, 1.807) is 7.11 Å². The Labute approximate surface area is 165 Å². The van der Waals surface area contributed by atoms with E-state index >= 15 is 0 Å². The molecule has 0 spiro atoms. The Bertz CT molecular complexity index is 952. The number of benzene rings is 2. The van der Waals surface area contributed by atoms with E-state index < -0.39 is 5.97 Å². The molecule has 0 atom stereocenters. The number of nitrogens with one attached hydrogen (secondary N) is 1. The number of esters is 1. The molecule has 140 valence electrons. The molecule has 0 saturated carbocycles. The van der Waals surface area contributed by atoms with E-state index in [2.05, 4.69) is 5.32 Å². The molecule has 0 aliphatic rings. The molecule has 3 aromatic rings. The number of thiophene rings is 1. The second-order valence-corrected chi connectivity index (χ2v) is 7.20. The molecule has 0 radical (unpaired) electrons. The average molecular weight is 404 g/mol. The molecule has 0 unspecified atom stereocenters. The van der Waals surface area contributed by atoms with Crippen molar-refractivity contribution in [3.05, 3.63) is 64.0 Å². The lowest BCUT2D eigenvalue weighted by atomic mass is 10.1. The third kappa shape index (κ3) is 4.78. The molecule has 5 nitrogen and oxygen atoms in total. The molecule has 3 rings (SSSR count). The SMILES string of the molecule is COc1ccc(CCNC(=O)COC(=O)c2sc3ccccc3c2Cl)cc1. The van der Waals surface area contributed by atoms with Gasteiger partial charge in [0.2, 0.25) is 0 Å². The predicted molar refractivity (Wildman–Crippen MR) is 107 cm³/mol. The Morgan fingerprint density at radius 1 is 1.11 bits per heavy atom. The lowest BCUT2D eigenvalue weighted by Crippen LogP contribution is -2.30. The fourth-order valence-corrected chi connectivity index (χ4v) is 3.93.